The van der Waals surface area contributed by atoms with Crippen LogP contribution in [0.15, 0.2) is 18.2 Å². The van der Waals surface area contributed by atoms with Gasteiger partial charge in [-0.25, -0.2) is 4.39 Å². The molecule has 0 radical (unpaired) electrons. The van der Waals surface area contributed by atoms with E-state index in [1.165, 1.54) is 12.1 Å². The van der Waals surface area contributed by atoms with E-state index in [0.717, 1.165) is 12.5 Å². The van der Waals surface area contributed by atoms with Crippen LogP contribution < -0.4 is 10.5 Å². The predicted molar refractivity (Wildman–Crippen MR) is 70.6 cm³/mol. The second-order valence-electron chi connectivity index (χ2n) is 4.59. The maximum Gasteiger partial charge on any atom is 0.260 e. The monoisotopic (exact) mass is 286 g/mol. The van der Waals surface area contributed by atoms with Crippen molar-refractivity contribution < 1.29 is 13.9 Å². The first kappa shape index (κ1) is 14.1. The average molecular weight is 287 g/mol. The Balaban J connectivity index is 1.87. The molecule has 19 heavy (non-hydrogen) atoms. The fourth-order valence-electron chi connectivity index (χ4n) is 2.07. The van der Waals surface area contributed by atoms with Crippen LogP contribution in [0.3, 0.4) is 0 Å². The van der Waals surface area contributed by atoms with Crippen molar-refractivity contribution >= 4 is 17.5 Å². The standard InChI is InChI=1S/C13H16ClFN2O2/c14-11-5-10(15)1-2-12(11)19-8-13(18)17-4-3-9(6-16)7-17/h1-2,5,9H,3-4,6-8,16H2. The van der Waals surface area contributed by atoms with Crippen molar-refractivity contribution in [1.82, 2.24) is 4.90 Å². The highest BCUT2D eigenvalue weighted by Crippen LogP contribution is 2.25. The van der Waals surface area contributed by atoms with Crippen molar-refractivity contribution in [3.05, 3.63) is 29.0 Å². The molecule has 4 nitrogen and oxygen atoms in total. The summed E-state index contributed by atoms with van der Waals surface area (Å²) in [5, 5.41) is 0.161. The minimum Gasteiger partial charge on any atom is -0.482 e. The van der Waals surface area contributed by atoms with Gasteiger partial charge in [-0.1, -0.05) is 11.6 Å². The van der Waals surface area contributed by atoms with Crippen LogP contribution in [0.1, 0.15) is 6.42 Å². The number of nitrogens with two attached hydrogens (primary N) is 1. The van der Waals surface area contributed by atoms with Gasteiger partial charge < -0.3 is 15.4 Å². The maximum absolute atomic E-state index is 12.8. The third kappa shape index (κ3) is 3.58. The van der Waals surface area contributed by atoms with Crippen LogP contribution in [0.25, 0.3) is 0 Å². The smallest absolute Gasteiger partial charge is 0.260 e. The van der Waals surface area contributed by atoms with E-state index in [0.29, 0.717) is 31.3 Å². The molecule has 1 aliphatic heterocycles. The van der Waals surface area contributed by atoms with E-state index in [4.69, 9.17) is 22.1 Å². The van der Waals surface area contributed by atoms with Crippen molar-refractivity contribution in [2.24, 2.45) is 11.7 Å². The Bertz CT molecular complexity index is 470. The molecule has 1 saturated heterocycles. The Hall–Kier alpha value is -1.33. The Kier molecular flexibility index (Phi) is 4.61. The SMILES string of the molecule is NCC1CCN(C(=O)COc2ccc(F)cc2Cl)C1. The molecule has 2 N–H and O–H groups in total. The zero-order valence-corrected chi connectivity index (χ0v) is 11.2. The summed E-state index contributed by atoms with van der Waals surface area (Å²) < 4.78 is 18.2. The lowest BCUT2D eigenvalue weighted by Crippen LogP contribution is -2.33. The first-order valence-corrected chi connectivity index (χ1v) is 6.53. The molecule has 104 valence electrons. The summed E-state index contributed by atoms with van der Waals surface area (Å²) in [5.74, 6) is 0.148. The molecule has 1 aliphatic rings. The zero-order chi connectivity index (χ0) is 13.8. The number of rotatable bonds is 4. The first-order valence-electron chi connectivity index (χ1n) is 6.16. The molecule has 1 aromatic rings. The van der Waals surface area contributed by atoms with Crippen molar-refractivity contribution in [1.29, 1.82) is 0 Å². The summed E-state index contributed by atoms with van der Waals surface area (Å²) in [5.41, 5.74) is 5.57. The zero-order valence-electron chi connectivity index (χ0n) is 10.4. The van der Waals surface area contributed by atoms with Gasteiger partial charge in [-0.2, -0.15) is 0 Å². The van der Waals surface area contributed by atoms with Gasteiger partial charge in [0.1, 0.15) is 11.6 Å². The number of hydrogen-bond donors (Lipinski definition) is 1. The average Bonchev–Trinajstić information content (AvgIpc) is 2.86. The lowest BCUT2D eigenvalue weighted by molar-refractivity contribution is -0.132. The Morgan fingerprint density at radius 3 is 3.00 bits per heavy atom. The first-order chi connectivity index (χ1) is 9.10. The van der Waals surface area contributed by atoms with Crippen molar-refractivity contribution in [2.45, 2.75) is 6.42 Å². The molecule has 1 fully saturated rings. The van der Waals surface area contributed by atoms with E-state index in [9.17, 15) is 9.18 Å². The number of carbonyl (C=O) groups is 1. The van der Waals surface area contributed by atoms with E-state index in [1.807, 2.05) is 0 Å². The topological polar surface area (TPSA) is 55.6 Å². The number of halogens is 2. The number of hydrogen-bond acceptors (Lipinski definition) is 3. The number of carbonyl (C=O) groups excluding carboxylic acids is 1. The van der Waals surface area contributed by atoms with Crippen LogP contribution in [0, 0.1) is 11.7 Å². The molecular weight excluding hydrogens is 271 g/mol. The molecule has 1 amide bonds. The normalized spacial score (nSPS) is 18.7. The molecule has 1 unspecified atom stereocenters. The lowest BCUT2D eigenvalue weighted by Gasteiger charge is -2.16. The van der Waals surface area contributed by atoms with Crippen LogP contribution in [0.4, 0.5) is 4.39 Å². The van der Waals surface area contributed by atoms with E-state index in [-0.39, 0.29) is 17.5 Å². The Morgan fingerprint density at radius 2 is 2.37 bits per heavy atom. The molecular formula is C13H16ClFN2O2. The van der Waals surface area contributed by atoms with Gasteiger partial charge in [-0.15, -0.1) is 0 Å². The summed E-state index contributed by atoms with van der Waals surface area (Å²) in [6.07, 6.45) is 0.930. The van der Waals surface area contributed by atoms with Crippen LogP contribution in [-0.4, -0.2) is 37.0 Å². The molecule has 1 aromatic carbocycles. The van der Waals surface area contributed by atoms with Crippen molar-refractivity contribution in [3.63, 3.8) is 0 Å². The summed E-state index contributed by atoms with van der Waals surface area (Å²) >= 11 is 5.81. The largest absolute Gasteiger partial charge is 0.482 e. The van der Waals surface area contributed by atoms with E-state index in [1.54, 1.807) is 4.90 Å². The molecule has 0 aliphatic carbocycles. The Morgan fingerprint density at radius 1 is 1.58 bits per heavy atom. The highest BCUT2D eigenvalue weighted by atomic mass is 35.5. The minimum atomic E-state index is -0.436. The van der Waals surface area contributed by atoms with Crippen LogP contribution >= 0.6 is 11.6 Å². The quantitative estimate of drug-likeness (QED) is 0.916. The van der Waals surface area contributed by atoms with Gasteiger partial charge in [0.05, 0.1) is 5.02 Å². The minimum absolute atomic E-state index is 0.0946. The van der Waals surface area contributed by atoms with E-state index < -0.39 is 5.82 Å². The second-order valence-corrected chi connectivity index (χ2v) is 5.00. The molecule has 0 saturated carbocycles. The number of amides is 1. The number of ether oxygens (including phenoxy) is 1. The summed E-state index contributed by atoms with van der Waals surface area (Å²) in [6.45, 7) is 1.88. The maximum atomic E-state index is 12.8. The fraction of sp³-hybridized carbons (Fsp3) is 0.462. The molecule has 2 rings (SSSR count). The lowest BCUT2D eigenvalue weighted by atomic mass is 10.1. The number of likely N-dealkylation sites (tertiary alicyclic amines) is 1. The highest BCUT2D eigenvalue weighted by Gasteiger charge is 2.25. The third-order valence-electron chi connectivity index (χ3n) is 3.22. The second kappa shape index (κ2) is 6.21. The summed E-state index contributed by atoms with van der Waals surface area (Å²) in [4.78, 5) is 13.6. The molecule has 1 atom stereocenters. The fourth-order valence-corrected chi connectivity index (χ4v) is 2.30. The van der Waals surface area contributed by atoms with Crippen LogP contribution in [0.5, 0.6) is 5.75 Å². The van der Waals surface area contributed by atoms with Crippen molar-refractivity contribution in [3.8, 4) is 5.75 Å². The van der Waals surface area contributed by atoms with Gasteiger partial charge in [0.15, 0.2) is 6.61 Å². The van der Waals surface area contributed by atoms with E-state index in [2.05, 4.69) is 0 Å². The van der Waals surface area contributed by atoms with Crippen LogP contribution in [0.2, 0.25) is 5.02 Å². The van der Waals surface area contributed by atoms with Gasteiger partial charge in [-0.05, 0) is 37.1 Å². The summed E-state index contributed by atoms with van der Waals surface area (Å²) in [6, 6.07) is 3.81. The number of nitrogens with zero attached hydrogens (tertiary/aromatic N) is 1. The molecule has 6 heteroatoms. The highest BCUT2D eigenvalue weighted by molar-refractivity contribution is 6.32. The molecule has 0 aromatic heterocycles. The summed E-state index contributed by atoms with van der Waals surface area (Å²) in [7, 11) is 0. The van der Waals surface area contributed by atoms with Crippen LogP contribution in [-0.2, 0) is 4.79 Å². The molecule has 0 bridgehead atoms. The third-order valence-corrected chi connectivity index (χ3v) is 3.51. The van der Waals surface area contributed by atoms with Gasteiger partial charge in [-0.3, -0.25) is 4.79 Å². The predicted octanol–water partition coefficient (Wildman–Crippen LogP) is 1.67. The van der Waals surface area contributed by atoms with E-state index >= 15 is 0 Å². The Labute approximate surface area is 116 Å². The molecule has 1 heterocycles. The van der Waals surface area contributed by atoms with Gasteiger partial charge in [0.2, 0.25) is 0 Å². The van der Waals surface area contributed by atoms with Crippen molar-refractivity contribution in [2.75, 3.05) is 26.2 Å². The van der Waals surface area contributed by atoms with Gasteiger partial charge in [0, 0.05) is 13.1 Å². The number of benzene rings is 1. The molecule has 0 spiro atoms. The van der Waals surface area contributed by atoms with Gasteiger partial charge in [0.25, 0.3) is 5.91 Å². The van der Waals surface area contributed by atoms with Gasteiger partial charge >= 0.3 is 0 Å².